The first-order chi connectivity index (χ1) is 15.7. The Balaban J connectivity index is 1.47. The molecular weight excluding hydrogens is 398 g/mol. The number of hydrogen-bond acceptors (Lipinski definition) is 4. The fourth-order valence-corrected chi connectivity index (χ4v) is 4.83. The molecule has 0 heterocycles. The summed E-state index contributed by atoms with van der Waals surface area (Å²) in [5.74, 6) is 1.93. The molecule has 0 saturated carbocycles. The van der Waals surface area contributed by atoms with E-state index in [1.807, 2.05) is 7.11 Å². The summed E-state index contributed by atoms with van der Waals surface area (Å²) >= 11 is 0. The molecule has 1 N–H and O–H groups in total. The van der Waals surface area contributed by atoms with Crippen LogP contribution in [0.1, 0.15) is 34.6 Å². The molecule has 1 aliphatic rings. The van der Waals surface area contributed by atoms with Gasteiger partial charge in [0.05, 0.1) is 20.3 Å². The van der Waals surface area contributed by atoms with Gasteiger partial charge in [0, 0.05) is 25.5 Å². The zero-order valence-electron chi connectivity index (χ0n) is 19.2. The van der Waals surface area contributed by atoms with Crippen molar-refractivity contribution in [2.24, 2.45) is 0 Å². The number of fused-ring (bicyclic) bond motifs is 1. The maximum atomic E-state index is 5.88. The summed E-state index contributed by atoms with van der Waals surface area (Å²) in [6, 6.07) is 26.0. The molecule has 0 amide bonds. The molecule has 3 aromatic carbocycles. The van der Waals surface area contributed by atoms with Gasteiger partial charge in [-0.3, -0.25) is 0 Å². The Labute approximate surface area is 191 Å². The minimum absolute atomic E-state index is 0.132. The standard InChI is InChI=1S/C28H33NO3/c1-30-26-17-23-19-28(32-3)27(31-2)18-22(23)16-25(26)29-15-14-24(20-10-6-4-7-11-20)21-12-8-5-9-13-21/h4-13,18-19,24-26,29H,14-17H2,1-3H3/t25-,26-/m1/s1. The molecule has 3 aromatic rings. The summed E-state index contributed by atoms with van der Waals surface area (Å²) in [5.41, 5.74) is 5.29. The van der Waals surface area contributed by atoms with Gasteiger partial charge in [0.15, 0.2) is 11.5 Å². The van der Waals surface area contributed by atoms with Gasteiger partial charge in [-0.15, -0.1) is 0 Å². The number of ether oxygens (including phenoxy) is 3. The van der Waals surface area contributed by atoms with E-state index in [1.165, 1.54) is 22.3 Å². The minimum Gasteiger partial charge on any atom is -0.493 e. The molecule has 4 heteroatoms. The lowest BCUT2D eigenvalue weighted by Gasteiger charge is -2.34. The van der Waals surface area contributed by atoms with Crippen molar-refractivity contribution < 1.29 is 14.2 Å². The topological polar surface area (TPSA) is 39.7 Å². The van der Waals surface area contributed by atoms with Gasteiger partial charge >= 0.3 is 0 Å². The van der Waals surface area contributed by atoms with Gasteiger partial charge in [-0.25, -0.2) is 0 Å². The number of hydrogen-bond donors (Lipinski definition) is 1. The molecule has 0 unspecified atom stereocenters. The molecule has 168 valence electrons. The molecular formula is C28H33NO3. The van der Waals surface area contributed by atoms with Crippen LogP contribution in [0.15, 0.2) is 72.8 Å². The lowest BCUT2D eigenvalue weighted by Crippen LogP contribution is -2.47. The highest BCUT2D eigenvalue weighted by Gasteiger charge is 2.29. The quantitative estimate of drug-likeness (QED) is 0.518. The van der Waals surface area contributed by atoms with Crippen molar-refractivity contribution >= 4 is 0 Å². The van der Waals surface area contributed by atoms with Crippen LogP contribution in [-0.4, -0.2) is 40.0 Å². The Kier molecular flexibility index (Phi) is 7.46. The highest BCUT2D eigenvalue weighted by molar-refractivity contribution is 5.49. The van der Waals surface area contributed by atoms with E-state index in [-0.39, 0.29) is 12.1 Å². The van der Waals surface area contributed by atoms with Gasteiger partial charge in [-0.1, -0.05) is 60.7 Å². The molecule has 0 saturated heterocycles. The van der Waals surface area contributed by atoms with Crippen molar-refractivity contribution in [1.82, 2.24) is 5.32 Å². The minimum atomic E-state index is 0.132. The first kappa shape index (κ1) is 22.4. The molecule has 4 rings (SSSR count). The van der Waals surface area contributed by atoms with Crippen LogP contribution in [0.3, 0.4) is 0 Å². The van der Waals surface area contributed by atoms with Gasteiger partial charge in [0.1, 0.15) is 0 Å². The fraction of sp³-hybridized carbons (Fsp3) is 0.357. The normalized spacial score (nSPS) is 17.8. The van der Waals surface area contributed by atoms with Crippen LogP contribution in [0.4, 0.5) is 0 Å². The second-order valence-corrected chi connectivity index (χ2v) is 8.38. The smallest absolute Gasteiger partial charge is 0.161 e. The summed E-state index contributed by atoms with van der Waals surface area (Å²) in [6.07, 6.45) is 2.94. The van der Waals surface area contributed by atoms with E-state index < -0.39 is 0 Å². The Bertz CT molecular complexity index is 951. The van der Waals surface area contributed by atoms with Crippen LogP contribution in [-0.2, 0) is 17.6 Å². The van der Waals surface area contributed by atoms with Crippen LogP contribution in [0.25, 0.3) is 0 Å². The number of nitrogens with one attached hydrogen (secondary N) is 1. The van der Waals surface area contributed by atoms with Gasteiger partial charge in [0.25, 0.3) is 0 Å². The Morgan fingerprint density at radius 2 is 1.31 bits per heavy atom. The van der Waals surface area contributed by atoms with Crippen LogP contribution >= 0.6 is 0 Å². The van der Waals surface area contributed by atoms with Gasteiger partial charge in [-0.05, 0) is 53.8 Å². The summed E-state index contributed by atoms with van der Waals surface area (Å²) in [4.78, 5) is 0. The Morgan fingerprint density at radius 1 is 0.781 bits per heavy atom. The van der Waals surface area contributed by atoms with Crippen LogP contribution < -0.4 is 14.8 Å². The Hall–Kier alpha value is -2.82. The largest absolute Gasteiger partial charge is 0.493 e. The highest BCUT2D eigenvalue weighted by Crippen LogP contribution is 2.35. The zero-order chi connectivity index (χ0) is 22.3. The third kappa shape index (κ3) is 4.98. The lowest BCUT2D eigenvalue weighted by atomic mass is 9.85. The fourth-order valence-electron chi connectivity index (χ4n) is 4.83. The number of methoxy groups -OCH3 is 3. The predicted octanol–water partition coefficient (Wildman–Crippen LogP) is 5.00. The molecule has 0 spiro atoms. The van der Waals surface area contributed by atoms with Crippen molar-refractivity contribution in [2.45, 2.75) is 37.3 Å². The first-order valence-corrected chi connectivity index (χ1v) is 11.3. The summed E-state index contributed by atoms with van der Waals surface area (Å²) in [7, 11) is 5.18. The van der Waals surface area contributed by atoms with E-state index in [0.29, 0.717) is 5.92 Å². The summed E-state index contributed by atoms with van der Waals surface area (Å²) < 4.78 is 16.9. The highest BCUT2D eigenvalue weighted by atomic mass is 16.5. The van der Waals surface area contributed by atoms with Crippen LogP contribution in [0.2, 0.25) is 0 Å². The van der Waals surface area contributed by atoms with E-state index in [2.05, 4.69) is 78.1 Å². The van der Waals surface area contributed by atoms with Crippen molar-refractivity contribution in [3.05, 3.63) is 95.1 Å². The molecule has 2 atom stereocenters. The third-order valence-corrected chi connectivity index (χ3v) is 6.56. The SMILES string of the molecule is COc1cc2c(cc1OC)C[C@@H](OC)[C@H](NCCC(c1ccccc1)c1ccccc1)C2. The Morgan fingerprint density at radius 3 is 1.81 bits per heavy atom. The van der Waals surface area contributed by atoms with E-state index in [9.17, 15) is 0 Å². The van der Waals surface area contributed by atoms with E-state index >= 15 is 0 Å². The average molecular weight is 432 g/mol. The van der Waals surface area contributed by atoms with Crippen molar-refractivity contribution in [3.63, 3.8) is 0 Å². The van der Waals surface area contributed by atoms with E-state index in [4.69, 9.17) is 14.2 Å². The molecule has 0 bridgehead atoms. The van der Waals surface area contributed by atoms with Crippen molar-refractivity contribution in [3.8, 4) is 11.5 Å². The van der Waals surface area contributed by atoms with Gasteiger partial charge in [-0.2, -0.15) is 0 Å². The summed E-state index contributed by atoms with van der Waals surface area (Å²) in [5, 5.41) is 3.80. The molecule has 0 fully saturated rings. The molecule has 32 heavy (non-hydrogen) atoms. The average Bonchev–Trinajstić information content (AvgIpc) is 2.86. The molecule has 0 aliphatic heterocycles. The molecule has 0 radical (unpaired) electrons. The molecule has 1 aliphatic carbocycles. The molecule has 4 nitrogen and oxygen atoms in total. The summed E-state index contributed by atoms with van der Waals surface area (Å²) in [6.45, 7) is 0.918. The predicted molar refractivity (Wildman–Crippen MR) is 129 cm³/mol. The number of rotatable bonds is 9. The van der Waals surface area contributed by atoms with E-state index in [1.54, 1.807) is 14.2 Å². The van der Waals surface area contributed by atoms with Crippen molar-refractivity contribution in [2.75, 3.05) is 27.9 Å². The second-order valence-electron chi connectivity index (χ2n) is 8.38. The third-order valence-electron chi connectivity index (χ3n) is 6.56. The molecule has 0 aromatic heterocycles. The van der Waals surface area contributed by atoms with Crippen LogP contribution in [0.5, 0.6) is 11.5 Å². The maximum absolute atomic E-state index is 5.88. The zero-order valence-corrected chi connectivity index (χ0v) is 19.2. The lowest BCUT2D eigenvalue weighted by molar-refractivity contribution is 0.0628. The first-order valence-electron chi connectivity index (χ1n) is 11.3. The van der Waals surface area contributed by atoms with Crippen molar-refractivity contribution in [1.29, 1.82) is 0 Å². The van der Waals surface area contributed by atoms with Gasteiger partial charge in [0.2, 0.25) is 0 Å². The van der Waals surface area contributed by atoms with E-state index in [0.717, 1.165) is 37.3 Å². The monoisotopic (exact) mass is 431 g/mol. The van der Waals surface area contributed by atoms with Crippen LogP contribution in [0, 0.1) is 0 Å². The number of benzene rings is 3. The van der Waals surface area contributed by atoms with Gasteiger partial charge < -0.3 is 19.5 Å². The maximum Gasteiger partial charge on any atom is 0.161 e. The second kappa shape index (κ2) is 10.7.